The number of aromatic nitrogens is 2. The Bertz CT molecular complexity index is 882. The SMILES string of the molecule is C=C(C)c1nc(-c2nc(/C=C/[C@H](OC)[C@H](C)/C(=C\C(=O)OC)OC)cs2)cs1. The first kappa shape index (κ1) is 22.0. The van der Waals surface area contributed by atoms with E-state index >= 15 is 0 Å². The predicted octanol–water partition coefficient (Wildman–Crippen LogP) is 4.67. The van der Waals surface area contributed by atoms with Gasteiger partial charge in [-0.2, -0.15) is 0 Å². The van der Waals surface area contributed by atoms with E-state index in [1.54, 1.807) is 18.4 Å². The zero-order valence-corrected chi connectivity index (χ0v) is 18.2. The summed E-state index contributed by atoms with van der Waals surface area (Å²) >= 11 is 3.09. The fraction of sp³-hybridized carbons (Fsp3) is 0.350. The van der Waals surface area contributed by atoms with Crippen molar-refractivity contribution in [2.75, 3.05) is 21.3 Å². The van der Waals surface area contributed by atoms with Crippen LogP contribution in [0.3, 0.4) is 0 Å². The number of hydrogen-bond donors (Lipinski definition) is 0. The number of allylic oxidation sites excluding steroid dienone is 1. The summed E-state index contributed by atoms with van der Waals surface area (Å²) in [6, 6.07) is 0. The summed E-state index contributed by atoms with van der Waals surface area (Å²) in [5.41, 5.74) is 2.61. The first-order valence-electron chi connectivity index (χ1n) is 8.51. The Morgan fingerprint density at radius 2 is 1.93 bits per heavy atom. The molecule has 0 fully saturated rings. The second-order valence-corrected chi connectivity index (χ2v) is 7.73. The third kappa shape index (κ3) is 5.60. The van der Waals surface area contributed by atoms with Gasteiger partial charge in [0, 0.05) is 23.8 Å². The second kappa shape index (κ2) is 10.3. The maximum atomic E-state index is 11.5. The third-order valence-corrected chi connectivity index (χ3v) is 5.86. The summed E-state index contributed by atoms with van der Waals surface area (Å²) in [5, 5.41) is 5.72. The highest BCUT2D eigenvalue weighted by Crippen LogP contribution is 2.28. The molecular formula is C20H24N2O4S2. The van der Waals surface area contributed by atoms with Crippen LogP contribution in [0.15, 0.2) is 35.3 Å². The molecule has 2 aromatic rings. The monoisotopic (exact) mass is 420 g/mol. The molecule has 2 rings (SSSR count). The molecule has 0 saturated heterocycles. The molecule has 0 amide bonds. The van der Waals surface area contributed by atoms with E-state index in [-0.39, 0.29) is 12.0 Å². The van der Waals surface area contributed by atoms with E-state index in [1.807, 2.05) is 36.8 Å². The number of esters is 1. The number of methoxy groups -OCH3 is 3. The molecule has 2 atom stereocenters. The van der Waals surface area contributed by atoms with Gasteiger partial charge in [-0.25, -0.2) is 14.8 Å². The van der Waals surface area contributed by atoms with Crippen molar-refractivity contribution in [3.8, 4) is 10.7 Å². The van der Waals surface area contributed by atoms with Gasteiger partial charge >= 0.3 is 5.97 Å². The molecule has 0 radical (unpaired) electrons. The summed E-state index contributed by atoms with van der Waals surface area (Å²) in [4.78, 5) is 20.7. The molecule has 6 nitrogen and oxygen atoms in total. The summed E-state index contributed by atoms with van der Waals surface area (Å²) in [7, 11) is 4.45. The topological polar surface area (TPSA) is 70.5 Å². The predicted molar refractivity (Wildman–Crippen MR) is 114 cm³/mol. The van der Waals surface area contributed by atoms with Gasteiger partial charge in [0.2, 0.25) is 0 Å². The van der Waals surface area contributed by atoms with Gasteiger partial charge in [-0.1, -0.05) is 19.6 Å². The maximum Gasteiger partial charge on any atom is 0.333 e. The number of carbonyl (C=O) groups excluding carboxylic acids is 1. The Morgan fingerprint density at radius 1 is 1.18 bits per heavy atom. The van der Waals surface area contributed by atoms with E-state index in [1.165, 1.54) is 31.6 Å². The molecule has 0 spiro atoms. The largest absolute Gasteiger partial charge is 0.500 e. The van der Waals surface area contributed by atoms with Crippen LogP contribution in [0.1, 0.15) is 24.5 Å². The van der Waals surface area contributed by atoms with E-state index in [0.717, 1.165) is 27.0 Å². The number of carbonyl (C=O) groups is 1. The molecule has 150 valence electrons. The molecule has 0 aliphatic carbocycles. The smallest absolute Gasteiger partial charge is 0.333 e. The van der Waals surface area contributed by atoms with Crippen LogP contribution in [0.2, 0.25) is 0 Å². The number of thiazole rings is 2. The normalized spacial score (nSPS) is 14.1. The van der Waals surface area contributed by atoms with Crippen LogP contribution in [-0.2, 0) is 19.0 Å². The van der Waals surface area contributed by atoms with E-state index in [0.29, 0.717) is 5.76 Å². The second-order valence-electron chi connectivity index (χ2n) is 6.02. The standard InChI is InChI=1S/C20H24N2O4S2/c1-12(2)19-22-15(11-28-19)20-21-14(10-27-20)7-8-16(24-4)13(3)17(25-5)9-18(23)26-6/h7-11,13,16H,1H2,2-6H3/b8-7+,17-9+/t13-,16-/m0/s1. The molecule has 28 heavy (non-hydrogen) atoms. The summed E-state index contributed by atoms with van der Waals surface area (Å²) in [6.07, 6.45) is 4.82. The molecule has 2 aromatic heterocycles. The van der Waals surface area contributed by atoms with Crippen LogP contribution in [0, 0.1) is 5.92 Å². The van der Waals surface area contributed by atoms with E-state index in [4.69, 9.17) is 9.47 Å². The molecule has 0 N–H and O–H groups in total. The number of ether oxygens (including phenoxy) is 3. The lowest BCUT2D eigenvalue weighted by molar-refractivity contribution is -0.135. The molecule has 2 heterocycles. The van der Waals surface area contributed by atoms with E-state index in [9.17, 15) is 4.79 Å². The van der Waals surface area contributed by atoms with Crippen molar-refractivity contribution >= 4 is 40.3 Å². The van der Waals surface area contributed by atoms with Gasteiger partial charge in [-0.15, -0.1) is 22.7 Å². The highest BCUT2D eigenvalue weighted by molar-refractivity contribution is 7.14. The number of hydrogen-bond acceptors (Lipinski definition) is 8. The molecule has 0 bridgehead atoms. The van der Waals surface area contributed by atoms with Crippen molar-refractivity contribution in [3.63, 3.8) is 0 Å². The fourth-order valence-electron chi connectivity index (χ4n) is 2.40. The average molecular weight is 421 g/mol. The summed E-state index contributed by atoms with van der Waals surface area (Å²) < 4.78 is 15.5. The van der Waals surface area contributed by atoms with Crippen LogP contribution >= 0.6 is 22.7 Å². The summed E-state index contributed by atoms with van der Waals surface area (Å²) in [6.45, 7) is 7.77. The number of nitrogens with zero attached hydrogens (tertiary/aromatic N) is 2. The Morgan fingerprint density at radius 3 is 2.50 bits per heavy atom. The van der Waals surface area contributed by atoms with Crippen molar-refractivity contribution in [1.82, 2.24) is 9.97 Å². The van der Waals surface area contributed by atoms with Crippen LogP contribution in [0.5, 0.6) is 0 Å². The number of rotatable bonds is 9. The van der Waals surface area contributed by atoms with Crippen molar-refractivity contribution < 1.29 is 19.0 Å². The molecule has 0 aromatic carbocycles. The van der Waals surface area contributed by atoms with E-state index in [2.05, 4.69) is 21.3 Å². The molecule has 0 aliphatic rings. The average Bonchev–Trinajstić information content (AvgIpc) is 3.35. The Balaban J connectivity index is 2.14. The Hall–Kier alpha value is -2.29. The van der Waals surface area contributed by atoms with Gasteiger partial charge in [0.05, 0.1) is 32.1 Å². The van der Waals surface area contributed by atoms with Gasteiger partial charge in [0.25, 0.3) is 0 Å². The van der Waals surface area contributed by atoms with Gasteiger partial charge < -0.3 is 14.2 Å². The first-order valence-corrected chi connectivity index (χ1v) is 10.3. The van der Waals surface area contributed by atoms with Crippen LogP contribution in [0.25, 0.3) is 22.4 Å². The highest BCUT2D eigenvalue weighted by atomic mass is 32.1. The third-order valence-electron chi connectivity index (χ3n) is 3.98. The first-order chi connectivity index (χ1) is 13.4. The molecule has 0 unspecified atom stereocenters. The minimum absolute atomic E-state index is 0.180. The fourth-order valence-corrected chi connectivity index (χ4v) is 3.97. The zero-order chi connectivity index (χ0) is 20.7. The minimum atomic E-state index is -0.468. The van der Waals surface area contributed by atoms with E-state index < -0.39 is 5.97 Å². The van der Waals surface area contributed by atoms with Gasteiger partial charge in [0.15, 0.2) is 0 Å². The van der Waals surface area contributed by atoms with Gasteiger partial charge in [-0.3, -0.25) is 0 Å². The Labute approximate surface area is 173 Å². The van der Waals surface area contributed by atoms with Crippen molar-refractivity contribution in [2.24, 2.45) is 5.92 Å². The highest BCUT2D eigenvalue weighted by Gasteiger charge is 2.20. The Kier molecular flexibility index (Phi) is 8.10. The van der Waals surface area contributed by atoms with Crippen molar-refractivity contribution in [2.45, 2.75) is 20.0 Å². The quantitative estimate of drug-likeness (QED) is 0.334. The van der Waals surface area contributed by atoms with Crippen LogP contribution in [-0.4, -0.2) is 43.4 Å². The molecule has 8 heteroatoms. The van der Waals surface area contributed by atoms with Crippen molar-refractivity contribution in [1.29, 1.82) is 0 Å². The summed E-state index contributed by atoms with van der Waals surface area (Å²) in [5.74, 6) is -0.165. The lowest BCUT2D eigenvalue weighted by atomic mass is 10.0. The van der Waals surface area contributed by atoms with Gasteiger partial charge in [-0.05, 0) is 18.6 Å². The van der Waals surface area contributed by atoms with Gasteiger partial charge in [0.1, 0.15) is 21.5 Å². The maximum absolute atomic E-state index is 11.5. The van der Waals surface area contributed by atoms with Crippen LogP contribution in [0.4, 0.5) is 0 Å². The van der Waals surface area contributed by atoms with Crippen LogP contribution < -0.4 is 0 Å². The minimum Gasteiger partial charge on any atom is -0.500 e. The lowest BCUT2D eigenvalue weighted by Gasteiger charge is -2.21. The molecule has 0 aliphatic heterocycles. The zero-order valence-electron chi connectivity index (χ0n) is 16.6. The lowest BCUT2D eigenvalue weighted by Crippen LogP contribution is -2.21. The molecule has 0 saturated carbocycles. The van der Waals surface area contributed by atoms with Crippen molar-refractivity contribution in [3.05, 3.63) is 46.0 Å². The molecular weight excluding hydrogens is 396 g/mol.